The zero-order chi connectivity index (χ0) is 33.3. The molecule has 46 heavy (non-hydrogen) atoms. The van der Waals surface area contributed by atoms with Crippen molar-refractivity contribution in [2.75, 3.05) is 40.6 Å². The highest BCUT2D eigenvalue weighted by molar-refractivity contribution is 6.31. The molecule has 250 valence electrons. The standard InChI is InChI=1S/C31H35NO12.CH4O/c1-14-17(43-21-13-41-9-8-32-21)6-7-22(42-14)44-19-11-31(39,20(34)12-33)10-16-24(19)30(38)26-25(28(16)36)27(35)15-4-3-5-18(40-2)23(15)29(26)37;1-2/h3-5,14,17,19,21-22,32-33,36,38-39H,6-13H2,1-2H3;2H,1H3/t14-,17-,19-,21?,22?,31-;/m0./s1. The van der Waals surface area contributed by atoms with Crippen molar-refractivity contribution in [1.29, 1.82) is 0 Å². The zero-order valence-electron chi connectivity index (χ0n) is 25.8. The lowest BCUT2D eigenvalue weighted by Gasteiger charge is -2.42. The smallest absolute Gasteiger partial charge is 0.202 e. The summed E-state index contributed by atoms with van der Waals surface area (Å²) in [5.74, 6) is -3.56. The number of phenols is 2. The summed E-state index contributed by atoms with van der Waals surface area (Å²) in [5.41, 5.74) is -3.35. The van der Waals surface area contributed by atoms with Gasteiger partial charge in [-0.3, -0.25) is 19.7 Å². The van der Waals surface area contributed by atoms with Crippen LogP contribution in [0.2, 0.25) is 0 Å². The highest BCUT2D eigenvalue weighted by Gasteiger charge is 2.50. The number of fused-ring (bicyclic) bond motifs is 3. The fourth-order valence-corrected chi connectivity index (χ4v) is 6.63. The molecule has 0 spiro atoms. The molecule has 2 heterocycles. The van der Waals surface area contributed by atoms with E-state index in [0.717, 1.165) is 7.11 Å². The Labute approximate surface area is 264 Å². The maximum absolute atomic E-state index is 13.8. The molecule has 0 bridgehead atoms. The number of carbonyl (C=O) groups is 3. The zero-order valence-corrected chi connectivity index (χ0v) is 25.8. The number of Topliss-reactive ketones (excluding diaryl/α,β-unsaturated/α-hetero) is 1. The number of phenolic OH excluding ortho intramolecular Hbond substituents is 2. The van der Waals surface area contributed by atoms with Crippen molar-refractivity contribution in [1.82, 2.24) is 5.32 Å². The van der Waals surface area contributed by atoms with Gasteiger partial charge in [-0.25, -0.2) is 0 Å². The average molecular weight is 646 g/mol. The van der Waals surface area contributed by atoms with Gasteiger partial charge in [-0.15, -0.1) is 0 Å². The first kappa shape index (κ1) is 33.9. The van der Waals surface area contributed by atoms with E-state index in [-0.39, 0.29) is 40.3 Å². The summed E-state index contributed by atoms with van der Waals surface area (Å²) < 4.78 is 29.2. The lowest BCUT2D eigenvalue weighted by atomic mass is 9.72. The molecule has 4 aliphatic rings. The molecule has 14 heteroatoms. The number of aliphatic hydroxyl groups is 3. The Balaban J connectivity index is 0.00000204. The number of methoxy groups -OCH3 is 1. The van der Waals surface area contributed by atoms with E-state index in [0.29, 0.717) is 32.6 Å². The first-order valence-electron chi connectivity index (χ1n) is 15.0. The van der Waals surface area contributed by atoms with Crippen LogP contribution in [0.15, 0.2) is 18.2 Å². The highest BCUT2D eigenvalue weighted by Crippen LogP contribution is 2.52. The van der Waals surface area contributed by atoms with Gasteiger partial charge in [0.15, 0.2) is 17.9 Å². The summed E-state index contributed by atoms with van der Waals surface area (Å²) in [5, 5.41) is 54.4. The normalized spacial score (nSPS) is 28.7. The van der Waals surface area contributed by atoms with Gasteiger partial charge in [0, 0.05) is 49.6 Å². The van der Waals surface area contributed by atoms with Crippen molar-refractivity contribution in [3.05, 3.63) is 51.6 Å². The van der Waals surface area contributed by atoms with Crippen molar-refractivity contribution in [2.24, 2.45) is 0 Å². The number of aliphatic hydroxyl groups excluding tert-OH is 2. The number of nitrogens with one attached hydrogen (secondary N) is 1. The Morgan fingerprint density at radius 3 is 2.46 bits per heavy atom. The van der Waals surface area contributed by atoms with E-state index in [1.807, 2.05) is 6.92 Å². The summed E-state index contributed by atoms with van der Waals surface area (Å²) in [6.07, 6.45) is -3.18. The third-order valence-corrected chi connectivity index (χ3v) is 8.86. The Morgan fingerprint density at radius 1 is 1.07 bits per heavy atom. The molecule has 2 aliphatic carbocycles. The third-order valence-electron chi connectivity index (χ3n) is 8.86. The summed E-state index contributed by atoms with van der Waals surface area (Å²) in [7, 11) is 2.34. The molecule has 2 aliphatic heterocycles. The summed E-state index contributed by atoms with van der Waals surface area (Å²) in [6, 6.07) is 4.43. The van der Waals surface area contributed by atoms with E-state index in [9.17, 15) is 34.8 Å². The second-order valence-electron chi connectivity index (χ2n) is 11.5. The van der Waals surface area contributed by atoms with Crippen molar-refractivity contribution >= 4 is 17.3 Å². The first-order valence-corrected chi connectivity index (χ1v) is 15.0. The fraction of sp³-hybridized carbons (Fsp3) is 0.531. The number of aromatic hydroxyl groups is 2. The molecule has 14 nitrogen and oxygen atoms in total. The minimum absolute atomic E-state index is 0.0295. The topological polar surface area (TPSA) is 211 Å². The molecule has 6 rings (SSSR count). The number of hydrogen-bond donors (Lipinski definition) is 6. The number of ether oxygens (including phenoxy) is 5. The van der Waals surface area contributed by atoms with E-state index < -0.39 is 83.5 Å². The van der Waals surface area contributed by atoms with E-state index in [2.05, 4.69) is 5.32 Å². The number of ketones is 3. The molecule has 2 aromatic rings. The molecule has 0 radical (unpaired) electrons. The molecule has 6 atom stereocenters. The van der Waals surface area contributed by atoms with E-state index in [4.69, 9.17) is 28.8 Å². The molecular formula is C32H39NO13. The van der Waals surface area contributed by atoms with Gasteiger partial charge in [0.2, 0.25) is 5.78 Å². The van der Waals surface area contributed by atoms with Crippen LogP contribution >= 0.6 is 0 Å². The van der Waals surface area contributed by atoms with Crippen LogP contribution in [0, 0.1) is 0 Å². The first-order chi connectivity index (χ1) is 22.1. The minimum Gasteiger partial charge on any atom is -0.507 e. The van der Waals surface area contributed by atoms with Gasteiger partial charge in [-0.05, 0) is 19.4 Å². The van der Waals surface area contributed by atoms with Gasteiger partial charge < -0.3 is 49.2 Å². The van der Waals surface area contributed by atoms with Crippen LogP contribution in [0.5, 0.6) is 17.2 Å². The fourth-order valence-electron chi connectivity index (χ4n) is 6.63. The van der Waals surface area contributed by atoms with Crippen molar-refractivity contribution < 1.29 is 63.6 Å². The lowest BCUT2D eigenvalue weighted by molar-refractivity contribution is -0.258. The SMILES string of the molecule is CO.COc1cccc2c1C(=O)c1c(O)c3c(c(O)c1C2=O)C[C@@](O)(C(=O)CO)C[C@@H]3OC1CC[C@H](OC2COCCN2)[C@H](C)O1. The number of rotatable bonds is 7. The molecule has 0 aromatic heterocycles. The predicted octanol–water partition coefficient (Wildman–Crippen LogP) is 0.643. The number of hydrogen-bond acceptors (Lipinski definition) is 14. The monoisotopic (exact) mass is 645 g/mol. The third kappa shape index (κ3) is 5.91. The second kappa shape index (κ2) is 13.7. The Kier molecular flexibility index (Phi) is 10.1. The number of morpholine rings is 1. The summed E-state index contributed by atoms with van der Waals surface area (Å²) in [6.45, 7) is 2.51. The van der Waals surface area contributed by atoms with Gasteiger partial charge >= 0.3 is 0 Å². The van der Waals surface area contributed by atoms with Gasteiger partial charge in [0.05, 0.1) is 55.3 Å². The van der Waals surface area contributed by atoms with Gasteiger partial charge in [-0.2, -0.15) is 0 Å². The van der Waals surface area contributed by atoms with Gasteiger partial charge in [0.1, 0.15) is 35.7 Å². The van der Waals surface area contributed by atoms with E-state index >= 15 is 0 Å². The Hall–Kier alpha value is -3.47. The lowest BCUT2D eigenvalue weighted by Crippen LogP contribution is -2.50. The molecule has 2 unspecified atom stereocenters. The van der Waals surface area contributed by atoms with Crippen LogP contribution in [-0.4, -0.2) is 114 Å². The van der Waals surface area contributed by atoms with Crippen LogP contribution in [0.3, 0.4) is 0 Å². The molecule has 0 amide bonds. The van der Waals surface area contributed by atoms with Crippen LogP contribution in [0.4, 0.5) is 0 Å². The van der Waals surface area contributed by atoms with Crippen LogP contribution < -0.4 is 10.1 Å². The van der Waals surface area contributed by atoms with Crippen LogP contribution in [0.1, 0.15) is 75.3 Å². The number of carbonyl (C=O) groups excluding carboxylic acids is 3. The average Bonchev–Trinajstić information content (AvgIpc) is 3.06. The van der Waals surface area contributed by atoms with Gasteiger partial charge in [0.25, 0.3) is 0 Å². The largest absolute Gasteiger partial charge is 0.507 e. The maximum Gasteiger partial charge on any atom is 0.202 e. The molecule has 2 fully saturated rings. The highest BCUT2D eigenvalue weighted by atomic mass is 16.7. The van der Waals surface area contributed by atoms with Crippen molar-refractivity contribution in [3.8, 4) is 17.2 Å². The predicted molar refractivity (Wildman–Crippen MR) is 158 cm³/mol. The van der Waals surface area contributed by atoms with E-state index in [1.165, 1.54) is 25.3 Å². The van der Waals surface area contributed by atoms with Gasteiger partial charge in [-0.1, -0.05) is 12.1 Å². The number of benzene rings is 2. The van der Waals surface area contributed by atoms with Crippen LogP contribution in [0.25, 0.3) is 0 Å². The molecule has 2 aromatic carbocycles. The molecule has 6 N–H and O–H groups in total. The Morgan fingerprint density at radius 2 is 1.80 bits per heavy atom. The second-order valence-corrected chi connectivity index (χ2v) is 11.5. The minimum atomic E-state index is -2.20. The van der Waals surface area contributed by atoms with Crippen LogP contribution in [-0.2, 0) is 30.2 Å². The summed E-state index contributed by atoms with van der Waals surface area (Å²) in [4.78, 5) is 40.2. The maximum atomic E-state index is 13.8. The molecular weight excluding hydrogens is 606 g/mol. The van der Waals surface area contributed by atoms with Crippen molar-refractivity contribution in [2.45, 2.75) is 69.0 Å². The Bertz CT molecular complexity index is 1500. The molecule has 0 saturated carbocycles. The van der Waals surface area contributed by atoms with E-state index in [1.54, 1.807) is 0 Å². The van der Waals surface area contributed by atoms with Crippen molar-refractivity contribution in [3.63, 3.8) is 0 Å². The summed E-state index contributed by atoms with van der Waals surface area (Å²) >= 11 is 0. The quantitative estimate of drug-likeness (QED) is 0.195. The molecule has 2 saturated heterocycles.